The first-order chi connectivity index (χ1) is 9.03. The highest BCUT2D eigenvalue weighted by atomic mass is 16.4. The summed E-state index contributed by atoms with van der Waals surface area (Å²) in [5.74, 6) is -0.796. The van der Waals surface area contributed by atoms with Gasteiger partial charge >= 0.3 is 5.97 Å². The summed E-state index contributed by atoms with van der Waals surface area (Å²) in [6.07, 6.45) is 3.12. The number of aromatic carboxylic acids is 1. The highest BCUT2D eigenvalue weighted by Crippen LogP contribution is 2.15. The Hall–Kier alpha value is -1.78. The SMILES string of the molecule is CCC(CC)CN(CC)C(=O)c1cc(C(=O)O)co1. The van der Waals surface area contributed by atoms with E-state index in [2.05, 4.69) is 13.8 Å². The molecule has 0 unspecified atom stereocenters. The van der Waals surface area contributed by atoms with Crippen molar-refractivity contribution in [1.29, 1.82) is 0 Å². The predicted octanol–water partition coefficient (Wildman–Crippen LogP) is 2.88. The molecular weight excluding hydrogens is 246 g/mol. The second kappa shape index (κ2) is 6.97. The van der Waals surface area contributed by atoms with Gasteiger partial charge in [-0.15, -0.1) is 0 Å². The second-order valence-electron chi connectivity index (χ2n) is 4.53. The van der Waals surface area contributed by atoms with Crippen LogP contribution in [0.4, 0.5) is 0 Å². The Morgan fingerprint density at radius 2 is 1.95 bits per heavy atom. The van der Waals surface area contributed by atoms with E-state index in [0.29, 0.717) is 19.0 Å². The molecular formula is C14H21NO4. The molecule has 0 bridgehead atoms. The van der Waals surface area contributed by atoms with E-state index in [-0.39, 0.29) is 17.2 Å². The molecule has 1 heterocycles. The van der Waals surface area contributed by atoms with Gasteiger partial charge in [0.15, 0.2) is 5.76 Å². The maximum absolute atomic E-state index is 12.2. The summed E-state index contributed by atoms with van der Waals surface area (Å²) < 4.78 is 5.05. The minimum absolute atomic E-state index is 0.00179. The van der Waals surface area contributed by atoms with Crippen LogP contribution < -0.4 is 0 Å². The fourth-order valence-electron chi connectivity index (χ4n) is 1.93. The number of rotatable bonds is 7. The molecule has 0 aliphatic rings. The minimum atomic E-state index is -1.09. The Morgan fingerprint density at radius 3 is 2.37 bits per heavy atom. The van der Waals surface area contributed by atoms with E-state index in [9.17, 15) is 9.59 Å². The summed E-state index contributed by atoms with van der Waals surface area (Å²) in [5.41, 5.74) is 0.00179. The van der Waals surface area contributed by atoms with Crippen LogP contribution >= 0.6 is 0 Å². The van der Waals surface area contributed by atoms with Gasteiger partial charge in [0.25, 0.3) is 5.91 Å². The molecule has 0 aromatic carbocycles. The number of furan rings is 1. The van der Waals surface area contributed by atoms with Gasteiger partial charge in [0.2, 0.25) is 0 Å². The van der Waals surface area contributed by atoms with Gasteiger partial charge in [-0.1, -0.05) is 26.7 Å². The van der Waals surface area contributed by atoms with Crippen molar-refractivity contribution in [3.63, 3.8) is 0 Å². The van der Waals surface area contributed by atoms with Gasteiger partial charge in [0, 0.05) is 19.2 Å². The Bertz CT molecular complexity index is 434. The molecule has 1 aromatic heterocycles. The molecule has 1 amide bonds. The minimum Gasteiger partial charge on any atom is -0.478 e. The maximum Gasteiger partial charge on any atom is 0.338 e. The van der Waals surface area contributed by atoms with Crippen LogP contribution in [0.5, 0.6) is 0 Å². The van der Waals surface area contributed by atoms with Crippen LogP contribution in [-0.4, -0.2) is 35.0 Å². The van der Waals surface area contributed by atoms with Crippen molar-refractivity contribution in [2.45, 2.75) is 33.6 Å². The average molecular weight is 267 g/mol. The van der Waals surface area contributed by atoms with Crippen LogP contribution in [0, 0.1) is 5.92 Å². The largest absolute Gasteiger partial charge is 0.478 e. The third-order valence-corrected chi connectivity index (χ3v) is 3.36. The number of amides is 1. The number of hydrogen-bond donors (Lipinski definition) is 1. The molecule has 0 saturated carbocycles. The molecule has 19 heavy (non-hydrogen) atoms. The first-order valence-electron chi connectivity index (χ1n) is 6.64. The maximum atomic E-state index is 12.2. The molecule has 0 fully saturated rings. The van der Waals surface area contributed by atoms with Crippen LogP contribution in [0.25, 0.3) is 0 Å². The molecule has 0 atom stereocenters. The Morgan fingerprint density at radius 1 is 1.32 bits per heavy atom. The molecule has 0 saturated heterocycles. The van der Waals surface area contributed by atoms with E-state index in [1.807, 2.05) is 6.92 Å². The monoisotopic (exact) mass is 267 g/mol. The summed E-state index contributed by atoms with van der Waals surface area (Å²) in [5, 5.41) is 8.81. The number of carbonyl (C=O) groups excluding carboxylic acids is 1. The topological polar surface area (TPSA) is 70.8 Å². The van der Waals surface area contributed by atoms with Crippen molar-refractivity contribution in [2.24, 2.45) is 5.92 Å². The van der Waals surface area contributed by atoms with Crippen molar-refractivity contribution in [3.05, 3.63) is 23.7 Å². The Balaban J connectivity index is 2.79. The van der Waals surface area contributed by atoms with Crippen LogP contribution in [0.2, 0.25) is 0 Å². The lowest BCUT2D eigenvalue weighted by Gasteiger charge is -2.24. The van der Waals surface area contributed by atoms with Crippen molar-refractivity contribution < 1.29 is 19.1 Å². The number of carboxylic acids is 1. The standard InChI is InChI=1S/C14H21NO4/c1-4-10(5-2)8-15(6-3)13(16)12-7-11(9-19-12)14(17)18/h7,9-10H,4-6,8H2,1-3H3,(H,17,18). The summed E-state index contributed by atoms with van der Waals surface area (Å²) in [7, 11) is 0. The first kappa shape index (κ1) is 15.3. The zero-order valence-electron chi connectivity index (χ0n) is 11.7. The van der Waals surface area contributed by atoms with Gasteiger partial charge < -0.3 is 14.4 Å². The summed E-state index contributed by atoms with van der Waals surface area (Å²) in [6.45, 7) is 7.36. The Kier molecular flexibility index (Phi) is 5.60. The second-order valence-corrected chi connectivity index (χ2v) is 4.53. The third kappa shape index (κ3) is 3.84. The van der Waals surface area contributed by atoms with E-state index in [1.165, 1.54) is 6.07 Å². The molecule has 0 aliphatic heterocycles. The number of carboxylic acid groups (broad SMARTS) is 1. The first-order valence-corrected chi connectivity index (χ1v) is 6.64. The van der Waals surface area contributed by atoms with Crippen molar-refractivity contribution in [1.82, 2.24) is 4.90 Å². The van der Waals surface area contributed by atoms with Gasteiger partial charge in [0.05, 0.1) is 5.56 Å². The Labute approximate surface area is 113 Å². The van der Waals surface area contributed by atoms with Crippen molar-refractivity contribution >= 4 is 11.9 Å². The molecule has 0 radical (unpaired) electrons. The van der Waals surface area contributed by atoms with E-state index in [4.69, 9.17) is 9.52 Å². The number of hydrogen-bond acceptors (Lipinski definition) is 3. The van der Waals surface area contributed by atoms with E-state index >= 15 is 0 Å². The average Bonchev–Trinajstić information content (AvgIpc) is 2.89. The number of carbonyl (C=O) groups is 2. The van der Waals surface area contributed by atoms with E-state index in [1.54, 1.807) is 4.90 Å². The highest BCUT2D eigenvalue weighted by Gasteiger charge is 2.21. The summed E-state index contributed by atoms with van der Waals surface area (Å²) in [4.78, 5) is 24.7. The van der Waals surface area contributed by atoms with Gasteiger partial charge in [-0.25, -0.2) is 4.79 Å². The molecule has 5 heteroatoms. The smallest absolute Gasteiger partial charge is 0.338 e. The lowest BCUT2D eigenvalue weighted by molar-refractivity contribution is 0.0690. The summed E-state index contributed by atoms with van der Waals surface area (Å²) in [6, 6.07) is 1.28. The van der Waals surface area contributed by atoms with Crippen molar-refractivity contribution in [3.8, 4) is 0 Å². The molecule has 5 nitrogen and oxygen atoms in total. The normalized spacial score (nSPS) is 10.7. The van der Waals surface area contributed by atoms with Gasteiger partial charge in [-0.3, -0.25) is 4.79 Å². The predicted molar refractivity (Wildman–Crippen MR) is 71.3 cm³/mol. The van der Waals surface area contributed by atoms with Crippen LogP contribution in [0.1, 0.15) is 54.5 Å². The third-order valence-electron chi connectivity index (χ3n) is 3.36. The van der Waals surface area contributed by atoms with Crippen molar-refractivity contribution in [2.75, 3.05) is 13.1 Å². The molecule has 106 valence electrons. The number of nitrogens with zero attached hydrogens (tertiary/aromatic N) is 1. The molecule has 1 aromatic rings. The lowest BCUT2D eigenvalue weighted by Crippen LogP contribution is -2.34. The van der Waals surface area contributed by atoms with E-state index < -0.39 is 5.97 Å². The molecule has 1 N–H and O–H groups in total. The van der Waals surface area contributed by atoms with E-state index in [0.717, 1.165) is 19.1 Å². The molecule has 1 rings (SSSR count). The van der Waals surface area contributed by atoms with Gasteiger partial charge in [-0.05, 0) is 12.8 Å². The van der Waals surface area contributed by atoms with Gasteiger partial charge in [-0.2, -0.15) is 0 Å². The van der Waals surface area contributed by atoms with Gasteiger partial charge in [0.1, 0.15) is 6.26 Å². The fourth-order valence-corrected chi connectivity index (χ4v) is 1.93. The van der Waals surface area contributed by atoms with Crippen LogP contribution in [0.3, 0.4) is 0 Å². The molecule has 0 aliphatic carbocycles. The summed E-state index contributed by atoms with van der Waals surface area (Å²) >= 11 is 0. The zero-order chi connectivity index (χ0) is 14.4. The van der Waals surface area contributed by atoms with Crippen LogP contribution in [0.15, 0.2) is 16.7 Å². The fraction of sp³-hybridized carbons (Fsp3) is 0.571. The quantitative estimate of drug-likeness (QED) is 0.824. The molecule has 0 spiro atoms. The lowest BCUT2D eigenvalue weighted by atomic mass is 10.0. The highest BCUT2D eigenvalue weighted by molar-refractivity contribution is 5.95. The van der Waals surface area contributed by atoms with Crippen LogP contribution in [-0.2, 0) is 0 Å². The zero-order valence-corrected chi connectivity index (χ0v) is 11.7.